The van der Waals surface area contributed by atoms with Crippen LogP contribution in [0.4, 0.5) is 0 Å². The lowest BCUT2D eigenvalue weighted by molar-refractivity contribution is -0.125. The third-order valence-corrected chi connectivity index (χ3v) is 3.52. The van der Waals surface area contributed by atoms with Crippen LogP contribution in [0.25, 0.3) is 0 Å². The maximum Gasteiger partial charge on any atom is 0.217 e. The van der Waals surface area contributed by atoms with Crippen LogP contribution in [-0.2, 0) is 16.0 Å². The number of nitrogens with zero attached hydrogens (tertiary/aromatic N) is 3. The minimum atomic E-state index is -0.465. The third-order valence-electron chi connectivity index (χ3n) is 3.52. The molecule has 0 bridgehead atoms. The van der Waals surface area contributed by atoms with Gasteiger partial charge < -0.3 is 27.1 Å². The van der Waals surface area contributed by atoms with Crippen LogP contribution in [0.15, 0.2) is 22.5 Å². The number of nitrogens with two attached hydrogens (primary N) is 2. The molecule has 2 atom stereocenters. The van der Waals surface area contributed by atoms with Crippen molar-refractivity contribution in [1.82, 2.24) is 20.6 Å². The molecule has 2 heterocycles. The van der Waals surface area contributed by atoms with E-state index in [9.17, 15) is 9.59 Å². The predicted molar refractivity (Wildman–Crippen MR) is 108 cm³/mol. The molecule has 2 rings (SSSR count). The molecular formula is C17H32N8O2. The number of Topliss-reactive ketones (excluding diaryl/α,β-unsaturated/α-hetero) is 1. The number of nitrogens with one attached hydrogen (secondary N) is 3. The van der Waals surface area contributed by atoms with Gasteiger partial charge in [-0.05, 0) is 20.3 Å². The largest absolute Gasteiger partial charge is 0.390 e. The van der Waals surface area contributed by atoms with Crippen LogP contribution in [0.1, 0.15) is 32.9 Å². The number of aliphatic imine (C=N–C) groups is 2. The summed E-state index contributed by atoms with van der Waals surface area (Å²) in [6.45, 7) is 6.47. The molecular weight excluding hydrogens is 348 g/mol. The molecule has 1 aliphatic heterocycles. The molecule has 1 aliphatic rings. The van der Waals surface area contributed by atoms with E-state index >= 15 is 0 Å². The van der Waals surface area contributed by atoms with Crippen LogP contribution in [0.3, 0.4) is 0 Å². The van der Waals surface area contributed by atoms with E-state index in [1.165, 1.54) is 20.2 Å². The molecule has 0 aliphatic carbocycles. The lowest BCUT2D eigenvalue weighted by Gasteiger charge is -2.20. The Balaban J connectivity index is 0.000000444. The van der Waals surface area contributed by atoms with Crippen LogP contribution in [0.2, 0.25) is 0 Å². The fourth-order valence-electron chi connectivity index (χ4n) is 2.14. The van der Waals surface area contributed by atoms with E-state index in [1.54, 1.807) is 19.6 Å². The fraction of sp³-hybridized carbons (Fsp3) is 0.588. The summed E-state index contributed by atoms with van der Waals surface area (Å²) in [5, 5.41) is 5.77. The number of carbonyl (C=O) groups is 2. The Morgan fingerprint density at radius 2 is 2.15 bits per heavy atom. The van der Waals surface area contributed by atoms with Crippen molar-refractivity contribution in [2.24, 2.45) is 21.5 Å². The maximum atomic E-state index is 11.2. The summed E-state index contributed by atoms with van der Waals surface area (Å²) < 4.78 is 0. The van der Waals surface area contributed by atoms with E-state index in [1.807, 2.05) is 6.92 Å². The zero-order chi connectivity index (χ0) is 20.7. The highest BCUT2D eigenvalue weighted by Crippen LogP contribution is 1.99. The summed E-state index contributed by atoms with van der Waals surface area (Å²) >= 11 is 0. The van der Waals surface area contributed by atoms with Gasteiger partial charge >= 0.3 is 0 Å². The monoisotopic (exact) mass is 380 g/mol. The molecule has 1 aromatic heterocycles. The highest BCUT2D eigenvalue weighted by Gasteiger charge is 2.16. The lowest BCUT2D eigenvalue weighted by Crippen LogP contribution is -2.42. The second kappa shape index (κ2) is 14.4. The average Bonchev–Trinajstić information content (AvgIpc) is 3.14. The maximum absolute atomic E-state index is 11.2. The number of carbonyl (C=O) groups excluding carboxylic acids is 2. The van der Waals surface area contributed by atoms with Crippen LogP contribution in [-0.4, -0.2) is 66.1 Å². The normalized spacial score (nSPS) is 16.6. The highest BCUT2D eigenvalue weighted by molar-refractivity contribution is 5.86. The Kier molecular flexibility index (Phi) is 13.0. The molecule has 0 aromatic carbocycles. The Morgan fingerprint density at radius 3 is 2.52 bits per heavy atom. The summed E-state index contributed by atoms with van der Waals surface area (Å²) in [4.78, 5) is 36.2. The van der Waals surface area contributed by atoms with E-state index in [2.05, 4.69) is 30.6 Å². The van der Waals surface area contributed by atoms with Gasteiger partial charge in [0.1, 0.15) is 0 Å². The van der Waals surface area contributed by atoms with Gasteiger partial charge in [-0.25, -0.2) is 4.98 Å². The Hall–Kier alpha value is -2.75. The average molecular weight is 380 g/mol. The SMILES string of the molecule is CC(=O)NC(Cc1cnc[nH]1)C(C)=O.CC1=NCCC(CN)N1.CN=CN. The molecule has 0 saturated heterocycles. The Morgan fingerprint density at radius 1 is 1.48 bits per heavy atom. The van der Waals surface area contributed by atoms with Gasteiger partial charge in [-0.1, -0.05) is 0 Å². The number of aromatic amines is 1. The number of amidine groups is 1. The van der Waals surface area contributed by atoms with Gasteiger partial charge in [-0.15, -0.1) is 0 Å². The first-order valence-electron chi connectivity index (χ1n) is 8.68. The molecule has 7 N–H and O–H groups in total. The first kappa shape index (κ1) is 24.2. The number of aromatic nitrogens is 2. The Labute approximate surface area is 160 Å². The molecule has 152 valence electrons. The van der Waals surface area contributed by atoms with Crippen molar-refractivity contribution >= 4 is 23.9 Å². The smallest absolute Gasteiger partial charge is 0.217 e. The van der Waals surface area contributed by atoms with Crippen molar-refractivity contribution in [3.8, 4) is 0 Å². The quantitative estimate of drug-likeness (QED) is 0.337. The second-order valence-electron chi connectivity index (χ2n) is 5.88. The van der Waals surface area contributed by atoms with Gasteiger partial charge in [0, 0.05) is 51.4 Å². The van der Waals surface area contributed by atoms with E-state index in [0.29, 0.717) is 19.0 Å². The van der Waals surface area contributed by atoms with E-state index < -0.39 is 6.04 Å². The van der Waals surface area contributed by atoms with Crippen molar-refractivity contribution in [3.63, 3.8) is 0 Å². The number of hydrogen-bond acceptors (Lipinski definition) is 7. The summed E-state index contributed by atoms with van der Waals surface area (Å²) in [5.41, 5.74) is 11.0. The number of H-pyrrole nitrogens is 1. The van der Waals surface area contributed by atoms with Crippen molar-refractivity contribution in [2.75, 3.05) is 20.1 Å². The van der Waals surface area contributed by atoms with Crippen LogP contribution in [0.5, 0.6) is 0 Å². The fourth-order valence-corrected chi connectivity index (χ4v) is 2.14. The summed E-state index contributed by atoms with van der Waals surface area (Å²) in [7, 11) is 1.62. The molecule has 1 amide bonds. The number of rotatable bonds is 5. The number of ketones is 1. The highest BCUT2D eigenvalue weighted by atomic mass is 16.2. The van der Waals surface area contributed by atoms with E-state index in [0.717, 1.165) is 24.5 Å². The van der Waals surface area contributed by atoms with Gasteiger partial charge in [-0.3, -0.25) is 19.6 Å². The first-order chi connectivity index (χ1) is 12.8. The molecule has 0 spiro atoms. The van der Waals surface area contributed by atoms with Crippen LogP contribution < -0.4 is 22.1 Å². The van der Waals surface area contributed by atoms with Crippen LogP contribution >= 0.6 is 0 Å². The minimum absolute atomic E-state index is 0.0604. The Bertz CT molecular complexity index is 594. The standard InChI is InChI=1S/C9H13N3O2.C6H13N3.C2H6N2/c1-6(13)9(12-7(2)14)3-8-4-10-5-11-8;1-5-8-3-2-6(4-7)9-5;1-4-2-3/h4-5,9H,3H2,1-2H3,(H,10,11)(H,12,14);6H,2-4,7H2,1H3,(H,8,9);2H,1H3,(H2,3,4). The van der Waals surface area contributed by atoms with E-state index in [-0.39, 0.29) is 11.7 Å². The molecule has 27 heavy (non-hydrogen) atoms. The zero-order valence-electron chi connectivity index (χ0n) is 16.5. The van der Waals surface area contributed by atoms with Crippen molar-refractivity contribution in [1.29, 1.82) is 0 Å². The third kappa shape index (κ3) is 12.3. The summed E-state index contributed by atoms with van der Waals surface area (Å²) in [5.74, 6) is 0.760. The van der Waals surface area contributed by atoms with Gasteiger partial charge in [0.2, 0.25) is 5.91 Å². The molecule has 10 nitrogen and oxygen atoms in total. The van der Waals surface area contributed by atoms with Gasteiger partial charge in [0.15, 0.2) is 5.78 Å². The minimum Gasteiger partial charge on any atom is -0.390 e. The van der Waals surface area contributed by atoms with Gasteiger partial charge in [0.05, 0.1) is 24.5 Å². The predicted octanol–water partition coefficient (Wildman–Crippen LogP) is -0.625. The van der Waals surface area contributed by atoms with Crippen molar-refractivity contribution in [2.45, 2.75) is 45.7 Å². The topological polar surface area (TPSA) is 164 Å². The summed E-state index contributed by atoms with van der Waals surface area (Å²) in [6.07, 6.45) is 5.96. The number of imidazole rings is 1. The van der Waals surface area contributed by atoms with Crippen molar-refractivity contribution in [3.05, 3.63) is 18.2 Å². The lowest BCUT2D eigenvalue weighted by atomic mass is 10.1. The molecule has 0 fully saturated rings. The van der Waals surface area contributed by atoms with Crippen LogP contribution in [0, 0.1) is 0 Å². The summed E-state index contributed by atoms with van der Waals surface area (Å²) in [6, 6.07) is -0.00421. The zero-order valence-corrected chi connectivity index (χ0v) is 16.5. The first-order valence-corrected chi connectivity index (χ1v) is 8.68. The second-order valence-corrected chi connectivity index (χ2v) is 5.88. The van der Waals surface area contributed by atoms with Gasteiger partial charge in [-0.2, -0.15) is 0 Å². The van der Waals surface area contributed by atoms with E-state index in [4.69, 9.17) is 11.5 Å². The number of hydrogen-bond donors (Lipinski definition) is 5. The molecule has 10 heteroatoms. The molecule has 0 radical (unpaired) electrons. The molecule has 1 aromatic rings. The molecule has 0 saturated carbocycles. The van der Waals surface area contributed by atoms with Gasteiger partial charge in [0.25, 0.3) is 0 Å². The van der Waals surface area contributed by atoms with Crippen molar-refractivity contribution < 1.29 is 9.59 Å². The molecule has 2 unspecified atom stereocenters. The number of amides is 1.